The van der Waals surface area contributed by atoms with Gasteiger partial charge >= 0.3 is 6.18 Å². The summed E-state index contributed by atoms with van der Waals surface area (Å²) >= 11 is 0. The Bertz CT molecular complexity index is 814. The second-order valence-corrected chi connectivity index (χ2v) is 5.80. The topological polar surface area (TPSA) is 73.2 Å². The Hall–Kier alpha value is -2.84. The first-order chi connectivity index (χ1) is 12.2. The Kier molecular flexibility index (Phi) is 6.01. The second-order valence-electron chi connectivity index (χ2n) is 5.80. The molecule has 9 heteroatoms. The van der Waals surface area contributed by atoms with Gasteiger partial charge in [0.15, 0.2) is 0 Å². The molecular weight excluding hydrogens is 351 g/mol. The molecule has 1 N–H and O–H groups in total. The van der Waals surface area contributed by atoms with Crippen LogP contribution >= 0.6 is 0 Å². The molecule has 0 spiro atoms. The quantitative estimate of drug-likeness (QED) is 0.849. The van der Waals surface area contributed by atoms with Crippen LogP contribution in [0.2, 0.25) is 0 Å². The molecule has 0 bridgehead atoms. The third-order valence-corrected chi connectivity index (χ3v) is 3.28. The average molecular weight is 369 g/mol. The predicted molar refractivity (Wildman–Crippen MR) is 87.6 cm³/mol. The standard InChI is InChI=1S/C17H18F3N3O3/c1-11(2)26-15-6-5-12(9-22-15)8-21-14(24)10-23-7-3-4-13(16(23)25)17(18,19)20/h3-7,9,11H,8,10H2,1-2H3,(H,21,24). The van der Waals surface area contributed by atoms with E-state index in [-0.39, 0.29) is 12.6 Å². The second kappa shape index (κ2) is 8.03. The van der Waals surface area contributed by atoms with E-state index >= 15 is 0 Å². The van der Waals surface area contributed by atoms with E-state index in [4.69, 9.17) is 4.74 Å². The molecule has 0 saturated heterocycles. The minimum absolute atomic E-state index is 0.0150. The van der Waals surface area contributed by atoms with Gasteiger partial charge in [0.25, 0.3) is 5.56 Å². The number of aromatic nitrogens is 2. The molecule has 1 amide bonds. The lowest BCUT2D eigenvalue weighted by molar-refractivity contribution is -0.139. The molecule has 26 heavy (non-hydrogen) atoms. The third-order valence-electron chi connectivity index (χ3n) is 3.28. The van der Waals surface area contributed by atoms with E-state index in [1.807, 2.05) is 13.8 Å². The number of nitrogens with zero attached hydrogens (tertiary/aromatic N) is 2. The minimum atomic E-state index is -4.76. The molecule has 0 aliphatic heterocycles. The third kappa shape index (κ3) is 5.33. The maximum absolute atomic E-state index is 12.7. The number of ether oxygens (including phenoxy) is 1. The van der Waals surface area contributed by atoms with E-state index in [1.165, 1.54) is 6.20 Å². The van der Waals surface area contributed by atoms with Gasteiger partial charge in [-0.25, -0.2) is 4.98 Å². The number of halogens is 3. The lowest BCUT2D eigenvalue weighted by Crippen LogP contribution is -2.34. The first-order valence-electron chi connectivity index (χ1n) is 7.81. The number of carbonyl (C=O) groups excluding carboxylic acids is 1. The maximum atomic E-state index is 12.7. The van der Waals surface area contributed by atoms with Gasteiger partial charge in [0.1, 0.15) is 12.1 Å². The van der Waals surface area contributed by atoms with Crippen molar-refractivity contribution in [2.24, 2.45) is 0 Å². The summed E-state index contributed by atoms with van der Waals surface area (Å²) in [6.07, 6.45) is -2.12. The van der Waals surface area contributed by atoms with Crippen molar-refractivity contribution in [2.75, 3.05) is 0 Å². The van der Waals surface area contributed by atoms with Gasteiger partial charge in [-0.1, -0.05) is 6.07 Å². The summed E-state index contributed by atoms with van der Waals surface area (Å²) in [4.78, 5) is 27.8. The smallest absolute Gasteiger partial charge is 0.421 e. The Balaban J connectivity index is 1.96. The molecule has 0 aliphatic rings. The molecule has 0 saturated carbocycles. The van der Waals surface area contributed by atoms with Crippen molar-refractivity contribution in [1.29, 1.82) is 0 Å². The van der Waals surface area contributed by atoms with Crippen LogP contribution < -0.4 is 15.6 Å². The molecule has 6 nitrogen and oxygen atoms in total. The minimum Gasteiger partial charge on any atom is -0.475 e. The Morgan fingerprint density at radius 1 is 1.31 bits per heavy atom. The molecule has 0 aromatic carbocycles. The highest BCUT2D eigenvalue weighted by Gasteiger charge is 2.34. The first-order valence-corrected chi connectivity index (χ1v) is 7.81. The normalized spacial score (nSPS) is 11.5. The number of pyridine rings is 2. The number of amides is 1. The van der Waals surface area contributed by atoms with Crippen molar-refractivity contribution in [2.45, 2.75) is 39.2 Å². The number of nitrogens with one attached hydrogen (secondary N) is 1. The molecule has 2 aromatic heterocycles. The van der Waals surface area contributed by atoms with Crippen LogP contribution in [0.1, 0.15) is 25.0 Å². The van der Waals surface area contributed by atoms with E-state index in [0.717, 1.165) is 16.8 Å². The van der Waals surface area contributed by atoms with Crippen LogP contribution in [0.4, 0.5) is 13.2 Å². The number of hydrogen-bond acceptors (Lipinski definition) is 4. The van der Waals surface area contributed by atoms with Crippen LogP contribution in [-0.2, 0) is 24.1 Å². The van der Waals surface area contributed by atoms with Crippen LogP contribution in [0, 0.1) is 0 Å². The summed E-state index contributed by atoms with van der Waals surface area (Å²) < 4.78 is 44.3. The maximum Gasteiger partial charge on any atom is 0.421 e. The molecule has 2 rings (SSSR count). The van der Waals surface area contributed by atoms with Crippen molar-refractivity contribution in [1.82, 2.24) is 14.9 Å². The highest BCUT2D eigenvalue weighted by atomic mass is 19.4. The Morgan fingerprint density at radius 2 is 2.04 bits per heavy atom. The van der Waals surface area contributed by atoms with Gasteiger partial charge in [-0.05, 0) is 31.5 Å². The molecule has 0 fully saturated rings. The molecule has 0 aliphatic carbocycles. The fraction of sp³-hybridized carbons (Fsp3) is 0.353. The van der Waals surface area contributed by atoms with Crippen LogP contribution in [0.5, 0.6) is 5.88 Å². The van der Waals surface area contributed by atoms with Gasteiger partial charge in [-0.3, -0.25) is 9.59 Å². The zero-order valence-corrected chi connectivity index (χ0v) is 14.2. The molecular formula is C17H18F3N3O3. The lowest BCUT2D eigenvalue weighted by Gasteiger charge is -2.11. The fourth-order valence-electron chi connectivity index (χ4n) is 2.12. The Labute approximate surface area is 147 Å². The molecule has 0 atom stereocenters. The van der Waals surface area contributed by atoms with Gasteiger partial charge < -0.3 is 14.6 Å². The van der Waals surface area contributed by atoms with Crippen LogP contribution in [0.15, 0.2) is 41.5 Å². The zero-order valence-electron chi connectivity index (χ0n) is 14.2. The number of carbonyl (C=O) groups is 1. The van der Waals surface area contributed by atoms with Gasteiger partial charge in [0.05, 0.1) is 6.10 Å². The highest BCUT2D eigenvalue weighted by molar-refractivity contribution is 5.75. The van der Waals surface area contributed by atoms with Crippen molar-refractivity contribution >= 4 is 5.91 Å². The van der Waals surface area contributed by atoms with E-state index in [1.54, 1.807) is 12.1 Å². The van der Waals surface area contributed by atoms with Gasteiger partial charge in [0, 0.05) is 25.0 Å². The summed E-state index contributed by atoms with van der Waals surface area (Å²) in [5.41, 5.74) is -1.88. The van der Waals surface area contributed by atoms with Crippen molar-refractivity contribution in [3.63, 3.8) is 0 Å². The lowest BCUT2D eigenvalue weighted by atomic mass is 10.2. The average Bonchev–Trinajstić information content (AvgIpc) is 2.54. The summed E-state index contributed by atoms with van der Waals surface area (Å²) in [6.45, 7) is 3.35. The summed E-state index contributed by atoms with van der Waals surface area (Å²) in [7, 11) is 0. The molecule has 0 unspecified atom stereocenters. The van der Waals surface area contributed by atoms with Crippen LogP contribution in [0.3, 0.4) is 0 Å². The van der Waals surface area contributed by atoms with E-state index in [2.05, 4.69) is 10.3 Å². The molecule has 2 aromatic rings. The molecule has 0 radical (unpaired) electrons. The van der Waals surface area contributed by atoms with Crippen molar-refractivity contribution < 1.29 is 22.7 Å². The van der Waals surface area contributed by atoms with Gasteiger partial charge in [-0.2, -0.15) is 13.2 Å². The first kappa shape index (κ1) is 19.5. The fourth-order valence-corrected chi connectivity index (χ4v) is 2.12. The van der Waals surface area contributed by atoms with E-state index < -0.39 is 29.8 Å². The SMILES string of the molecule is CC(C)Oc1ccc(CNC(=O)Cn2cccc(C(F)(F)F)c2=O)cn1. The zero-order chi connectivity index (χ0) is 19.3. The molecule has 2 heterocycles. The van der Waals surface area contributed by atoms with Crippen molar-refractivity contribution in [3.05, 3.63) is 58.1 Å². The summed E-state index contributed by atoms with van der Waals surface area (Å²) in [5.74, 6) is -0.139. The Morgan fingerprint density at radius 3 is 2.62 bits per heavy atom. The summed E-state index contributed by atoms with van der Waals surface area (Å²) in [6, 6.07) is 5.12. The highest BCUT2D eigenvalue weighted by Crippen LogP contribution is 2.25. The predicted octanol–water partition coefficient (Wildman–Crippen LogP) is 2.37. The van der Waals surface area contributed by atoms with Crippen molar-refractivity contribution in [3.8, 4) is 5.88 Å². The number of rotatable bonds is 6. The number of alkyl halides is 3. The molecule has 140 valence electrons. The van der Waals surface area contributed by atoms with Crippen LogP contribution in [0.25, 0.3) is 0 Å². The van der Waals surface area contributed by atoms with Crippen LogP contribution in [-0.4, -0.2) is 21.6 Å². The largest absolute Gasteiger partial charge is 0.475 e. The van der Waals surface area contributed by atoms with Gasteiger partial charge in [0.2, 0.25) is 11.8 Å². The number of hydrogen-bond donors (Lipinski definition) is 1. The van der Waals surface area contributed by atoms with E-state index in [9.17, 15) is 22.8 Å². The monoisotopic (exact) mass is 369 g/mol. The summed E-state index contributed by atoms with van der Waals surface area (Å²) in [5, 5.41) is 2.53. The van der Waals surface area contributed by atoms with E-state index in [0.29, 0.717) is 17.5 Å². The van der Waals surface area contributed by atoms with Gasteiger partial charge in [-0.15, -0.1) is 0 Å².